The molecule has 1 aliphatic heterocycles. The molecule has 2 heterocycles. The zero-order chi connectivity index (χ0) is 10.9. The van der Waals surface area contributed by atoms with E-state index in [1.807, 2.05) is 12.1 Å². The molecular weight excluding hydrogens is 278 g/mol. The average molecular weight is 288 g/mol. The van der Waals surface area contributed by atoms with E-state index in [2.05, 4.69) is 22.0 Å². The van der Waals surface area contributed by atoms with Crippen molar-refractivity contribution in [2.75, 3.05) is 13.2 Å². The molecule has 2 atom stereocenters. The molecule has 5 heteroatoms. The van der Waals surface area contributed by atoms with Gasteiger partial charge in [-0.2, -0.15) is 5.26 Å². The lowest BCUT2D eigenvalue weighted by Crippen LogP contribution is -2.27. The van der Waals surface area contributed by atoms with Crippen molar-refractivity contribution in [3.8, 4) is 6.07 Å². The van der Waals surface area contributed by atoms with Gasteiger partial charge in [-0.05, 0) is 34.5 Å². The highest BCUT2D eigenvalue weighted by atomic mass is 79.9. The van der Waals surface area contributed by atoms with Gasteiger partial charge in [-0.25, -0.2) is 0 Å². The molecule has 0 amide bonds. The van der Waals surface area contributed by atoms with Gasteiger partial charge < -0.3 is 9.84 Å². The summed E-state index contributed by atoms with van der Waals surface area (Å²) in [5.74, 6) is 0. The molecule has 0 aliphatic carbocycles. The summed E-state index contributed by atoms with van der Waals surface area (Å²) in [5.41, 5.74) is -0.760. The fourth-order valence-corrected chi connectivity index (χ4v) is 3.22. The highest BCUT2D eigenvalue weighted by molar-refractivity contribution is 9.11. The summed E-state index contributed by atoms with van der Waals surface area (Å²) in [7, 11) is 0. The van der Waals surface area contributed by atoms with Crippen molar-refractivity contribution in [3.63, 3.8) is 0 Å². The number of nitriles is 1. The van der Waals surface area contributed by atoms with E-state index < -0.39 is 11.5 Å². The van der Waals surface area contributed by atoms with Crippen LogP contribution < -0.4 is 0 Å². The molecule has 1 saturated heterocycles. The van der Waals surface area contributed by atoms with Crippen LogP contribution in [0.15, 0.2) is 15.9 Å². The van der Waals surface area contributed by atoms with Gasteiger partial charge >= 0.3 is 0 Å². The fourth-order valence-electron chi connectivity index (χ4n) is 1.69. The SMILES string of the molecule is N#CC1(C(O)c2ccc(Br)s2)CCOC1. The molecule has 2 unspecified atom stereocenters. The number of nitrogens with zero attached hydrogens (tertiary/aromatic N) is 1. The maximum Gasteiger partial charge on any atom is 0.113 e. The van der Waals surface area contributed by atoms with E-state index in [0.29, 0.717) is 19.6 Å². The van der Waals surface area contributed by atoms with Crippen molar-refractivity contribution in [2.24, 2.45) is 5.41 Å². The first-order valence-corrected chi connectivity index (χ1v) is 6.21. The summed E-state index contributed by atoms with van der Waals surface area (Å²) in [5, 5.41) is 19.3. The van der Waals surface area contributed by atoms with E-state index in [9.17, 15) is 5.11 Å². The second-order valence-corrected chi connectivity index (χ2v) is 6.11. The summed E-state index contributed by atoms with van der Waals surface area (Å²) in [6.45, 7) is 0.872. The number of hydrogen-bond donors (Lipinski definition) is 1. The molecule has 1 N–H and O–H groups in total. The quantitative estimate of drug-likeness (QED) is 0.909. The molecule has 1 aromatic rings. The van der Waals surface area contributed by atoms with Crippen molar-refractivity contribution in [1.29, 1.82) is 5.26 Å². The molecule has 0 bridgehead atoms. The van der Waals surface area contributed by atoms with E-state index in [1.54, 1.807) is 0 Å². The first-order chi connectivity index (χ1) is 7.18. The van der Waals surface area contributed by atoms with Crippen LogP contribution in [0.5, 0.6) is 0 Å². The van der Waals surface area contributed by atoms with Crippen molar-refractivity contribution in [3.05, 3.63) is 20.8 Å². The van der Waals surface area contributed by atoms with Crippen molar-refractivity contribution in [2.45, 2.75) is 12.5 Å². The van der Waals surface area contributed by atoms with Crippen molar-refractivity contribution >= 4 is 27.3 Å². The number of thiophene rings is 1. The van der Waals surface area contributed by atoms with Crippen molar-refractivity contribution < 1.29 is 9.84 Å². The van der Waals surface area contributed by atoms with E-state index in [0.717, 1.165) is 8.66 Å². The Hall–Kier alpha value is -0.410. The Bertz CT molecular complexity index is 392. The van der Waals surface area contributed by atoms with Crippen LogP contribution in [-0.4, -0.2) is 18.3 Å². The highest BCUT2D eigenvalue weighted by Crippen LogP contribution is 2.43. The first-order valence-electron chi connectivity index (χ1n) is 4.60. The summed E-state index contributed by atoms with van der Waals surface area (Å²) in [6, 6.07) is 5.92. The number of hydrogen-bond acceptors (Lipinski definition) is 4. The third-order valence-corrected chi connectivity index (χ3v) is 4.34. The predicted octanol–water partition coefficient (Wildman–Crippen LogP) is 2.47. The standard InChI is InChI=1S/C10H10BrNO2S/c11-8-2-1-7(15-8)9(13)10(5-12)3-4-14-6-10/h1-2,9,13H,3-4,6H2. The van der Waals surface area contributed by atoms with Gasteiger partial charge in [-0.15, -0.1) is 11.3 Å². The molecule has 2 rings (SSSR count). The van der Waals surface area contributed by atoms with Gasteiger partial charge in [0.1, 0.15) is 11.5 Å². The van der Waals surface area contributed by atoms with Gasteiger partial charge in [0.05, 0.1) is 16.5 Å². The molecule has 1 aliphatic rings. The molecular formula is C10H10BrNO2S. The maximum atomic E-state index is 10.2. The summed E-state index contributed by atoms with van der Waals surface area (Å²) < 4.78 is 6.17. The third kappa shape index (κ3) is 1.95. The zero-order valence-corrected chi connectivity index (χ0v) is 10.3. The third-order valence-electron chi connectivity index (χ3n) is 2.66. The van der Waals surface area contributed by atoms with E-state index in [-0.39, 0.29) is 0 Å². The minimum atomic E-state index is -0.760. The van der Waals surface area contributed by atoms with Crippen LogP contribution in [0, 0.1) is 16.7 Å². The second kappa shape index (κ2) is 4.22. The number of halogens is 1. The Balaban J connectivity index is 2.26. The Labute approximate surface area is 100 Å². The molecule has 1 fully saturated rings. The molecule has 0 spiro atoms. The normalized spacial score (nSPS) is 27.5. The van der Waals surface area contributed by atoms with E-state index in [4.69, 9.17) is 10.00 Å². The Morgan fingerprint density at radius 1 is 1.67 bits per heavy atom. The largest absolute Gasteiger partial charge is 0.386 e. The smallest absolute Gasteiger partial charge is 0.113 e. The van der Waals surface area contributed by atoms with Gasteiger partial charge in [0.15, 0.2) is 0 Å². The molecule has 0 saturated carbocycles. The van der Waals surface area contributed by atoms with Gasteiger partial charge in [-0.1, -0.05) is 0 Å². The predicted molar refractivity (Wildman–Crippen MR) is 60.5 cm³/mol. The molecule has 15 heavy (non-hydrogen) atoms. The monoisotopic (exact) mass is 287 g/mol. The molecule has 1 aromatic heterocycles. The van der Waals surface area contributed by atoms with Gasteiger partial charge in [0.25, 0.3) is 0 Å². The number of rotatable bonds is 2. The average Bonchev–Trinajstić information content (AvgIpc) is 2.86. The second-order valence-electron chi connectivity index (χ2n) is 3.61. The lowest BCUT2D eigenvalue weighted by molar-refractivity contribution is 0.0530. The Kier molecular flexibility index (Phi) is 3.12. The van der Waals surface area contributed by atoms with Crippen LogP contribution in [0.1, 0.15) is 17.4 Å². The molecule has 0 radical (unpaired) electrons. The molecule has 3 nitrogen and oxygen atoms in total. The summed E-state index contributed by atoms with van der Waals surface area (Å²) >= 11 is 4.80. The molecule has 0 aromatic carbocycles. The van der Waals surface area contributed by atoms with Crippen LogP contribution in [0.2, 0.25) is 0 Å². The lowest BCUT2D eigenvalue weighted by Gasteiger charge is -2.24. The number of ether oxygens (including phenoxy) is 1. The summed E-state index contributed by atoms with van der Waals surface area (Å²) in [6.07, 6.45) is -0.151. The van der Waals surface area contributed by atoms with Crippen molar-refractivity contribution in [1.82, 2.24) is 0 Å². The maximum absolute atomic E-state index is 10.2. The van der Waals surface area contributed by atoms with Crippen LogP contribution in [0.4, 0.5) is 0 Å². The Morgan fingerprint density at radius 3 is 2.93 bits per heavy atom. The minimum Gasteiger partial charge on any atom is -0.386 e. The summed E-state index contributed by atoms with van der Waals surface area (Å²) in [4.78, 5) is 0.814. The van der Waals surface area contributed by atoms with Crippen LogP contribution in [0.25, 0.3) is 0 Å². The van der Waals surface area contributed by atoms with Gasteiger partial charge in [0.2, 0.25) is 0 Å². The first kappa shape index (κ1) is 11.1. The van der Waals surface area contributed by atoms with Crippen LogP contribution in [-0.2, 0) is 4.74 Å². The van der Waals surface area contributed by atoms with Gasteiger partial charge in [0, 0.05) is 11.5 Å². The molecule has 80 valence electrons. The Morgan fingerprint density at radius 2 is 2.47 bits per heavy atom. The zero-order valence-electron chi connectivity index (χ0n) is 7.94. The number of aliphatic hydroxyl groups is 1. The minimum absolute atomic E-state index is 0.320. The van der Waals surface area contributed by atoms with E-state index >= 15 is 0 Å². The highest BCUT2D eigenvalue weighted by Gasteiger charge is 2.43. The van der Waals surface area contributed by atoms with Crippen LogP contribution >= 0.6 is 27.3 Å². The lowest BCUT2D eigenvalue weighted by atomic mass is 9.82. The van der Waals surface area contributed by atoms with Gasteiger partial charge in [-0.3, -0.25) is 0 Å². The fraction of sp³-hybridized carbons (Fsp3) is 0.500. The number of aliphatic hydroxyl groups excluding tert-OH is 1. The van der Waals surface area contributed by atoms with Crippen LogP contribution in [0.3, 0.4) is 0 Å². The van der Waals surface area contributed by atoms with E-state index in [1.165, 1.54) is 11.3 Å². The topological polar surface area (TPSA) is 53.2 Å².